The van der Waals surface area contributed by atoms with Gasteiger partial charge in [-0.25, -0.2) is 16.8 Å². The van der Waals surface area contributed by atoms with Gasteiger partial charge in [0.05, 0.1) is 9.79 Å². The summed E-state index contributed by atoms with van der Waals surface area (Å²) in [4.78, 5) is 2.04. The number of rotatable bonds is 6. The summed E-state index contributed by atoms with van der Waals surface area (Å²) < 4.78 is 51.4. The third-order valence-electron chi connectivity index (χ3n) is 4.69. The first-order valence-electron chi connectivity index (χ1n) is 8.72. The van der Waals surface area contributed by atoms with Gasteiger partial charge < -0.3 is 4.90 Å². The van der Waals surface area contributed by atoms with E-state index in [1.54, 1.807) is 36.4 Å². The fourth-order valence-electron chi connectivity index (χ4n) is 3.24. The lowest BCUT2D eigenvalue weighted by molar-refractivity contribution is 0.236. The summed E-state index contributed by atoms with van der Waals surface area (Å²) in [6.07, 6.45) is 3.02. The highest BCUT2D eigenvalue weighted by molar-refractivity contribution is 8.09. The van der Waals surface area contributed by atoms with Gasteiger partial charge in [-0.2, -0.15) is 0 Å². The van der Waals surface area contributed by atoms with Crippen LogP contribution in [0.2, 0.25) is 0 Å². The number of nitrogens with zero attached hydrogens (tertiary/aromatic N) is 1. The van der Waals surface area contributed by atoms with E-state index < -0.39 is 24.3 Å². The van der Waals surface area contributed by atoms with Crippen molar-refractivity contribution < 1.29 is 16.8 Å². The fourth-order valence-corrected chi connectivity index (χ4v) is 7.73. The molecule has 1 heterocycles. The monoisotopic (exact) mass is 393 g/mol. The summed E-state index contributed by atoms with van der Waals surface area (Å²) in [5, 5.41) is 0. The van der Waals surface area contributed by atoms with E-state index in [-0.39, 0.29) is 16.3 Å². The molecule has 1 fully saturated rings. The zero-order valence-electron chi connectivity index (χ0n) is 14.5. The Kier molecular flexibility index (Phi) is 5.79. The zero-order valence-corrected chi connectivity index (χ0v) is 16.1. The Hall–Kier alpha value is -1.70. The molecule has 0 atom stereocenters. The van der Waals surface area contributed by atoms with Gasteiger partial charge in [0.15, 0.2) is 24.3 Å². The standard InChI is InChI=1S/C19H23NO4S2/c21-25(22,17-10-4-1-5-11-17)19(16-20-14-8-3-9-15-20)26(23,24)18-12-6-2-7-13-18/h1-2,4-7,10-13,19H,3,8-9,14-16H2. The molecular weight excluding hydrogens is 370 g/mol. The number of piperidine rings is 1. The van der Waals surface area contributed by atoms with Crippen LogP contribution in [0.5, 0.6) is 0 Å². The van der Waals surface area contributed by atoms with Gasteiger partial charge in [0.2, 0.25) is 0 Å². The van der Waals surface area contributed by atoms with Gasteiger partial charge in [0.25, 0.3) is 0 Å². The predicted octanol–water partition coefficient (Wildman–Crippen LogP) is 2.75. The molecule has 7 heteroatoms. The quantitative estimate of drug-likeness (QED) is 0.755. The molecule has 0 aliphatic carbocycles. The molecule has 0 amide bonds. The van der Waals surface area contributed by atoms with Crippen molar-refractivity contribution in [2.75, 3.05) is 19.6 Å². The molecule has 3 rings (SSSR count). The molecule has 5 nitrogen and oxygen atoms in total. The van der Waals surface area contributed by atoms with Gasteiger partial charge in [0.1, 0.15) is 0 Å². The van der Waals surface area contributed by atoms with Gasteiger partial charge >= 0.3 is 0 Å². The molecule has 0 spiro atoms. The van der Waals surface area contributed by atoms with Crippen LogP contribution in [0.4, 0.5) is 0 Å². The molecule has 2 aromatic carbocycles. The maximum Gasteiger partial charge on any atom is 0.197 e. The molecule has 1 aliphatic heterocycles. The molecule has 26 heavy (non-hydrogen) atoms. The van der Waals surface area contributed by atoms with Crippen molar-refractivity contribution >= 4 is 19.7 Å². The normalized spacial score (nSPS) is 16.7. The van der Waals surface area contributed by atoms with Crippen molar-refractivity contribution in [3.63, 3.8) is 0 Å². The Labute approximate surface area is 155 Å². The lowest BCUT2D eigenvalue weighted by Gasteiger charge is -2.30. The van der Waals surface area contributed by atoms with Gasteiger partial charge in [-0.3, -0.25) is 0 Å². The molecule has 0 bridgehead atoms. The molecule has 0 radical (unpaired) electrons. The van der Waals surface area contributed by atoms with Crippen LogP contribution >= 0.6 is 0 Å². The molecule has 2 aromatic rings. The summed E-state index contributed by atoms with van der Waals surface area (Å²) >= 11 is 0. The van der Waals surface area contributed by atoms with Crippen LogP contribution in [-0.2, 0) is 19.7 Å². The molecule has 140 valence electrons. The van der Waals surface area contributed by atoms with E-state index >= 15 is 0 Å². The van der Waals surface area contributed by atoms with E-state index in [1.165, 1.54) is 24.3 Å². The molecule has 0 aromatic heterocycles. The van der Waals surface area contributed by atoms with Gasteiger partial charge in [-0.1, -0.05) is 42.8 Å². The maximum absolute atomic E-state index is 13.2. The van der Waals surface area contributed by atoms with E-state index in [4.69, 9.17) is 0 Å². The van der Waals surface area contributed by atoms with Gasteiger partial charge in [0, 0.05) is 6.54 Å². The highest BCUT2D eigenvalue weighted by Crippen LogP contribution is 2.27. The van der Waals surface area contributed by atoms with Crippen molar-refractivity contribution in [1.82, 2.24) is 4.90 Å². The number of likely N-dealkylation sites (tertiary alicyclic amines) is 1. The highest BCUT2D eigenvalue weighted by Gasteiger charge is 2.41. The van der Waals surface area contributed by atoms with Crippen LogP contribution in [0.1, 0.15) is 19.3 Å². The lowest BCUT2D eigenvalue weighted by Crippen LogP contribution is -2.43. The van der Waals surface area contributed by atoms with Crippen LogP contribution in [-0.4, -0.2) is 46.0 Å². The van der Waals surface area contributed by atoms with Crippen molar-refractivity contribution in [3.05, 3.63) is 60.7 Å². The molecule has 0 saturated carbocycles. The van der Waals surface area contributed by atoms with E-state index in [1.807, 2.05) is 4.90 Å². The minimum Gasteiger partial charge on any atom is -0.301 e. The van der Waals surface area contributed by atoms with Gasteiger partial charge in [-0.15, -0.1) is 0 Å². The number of sulfone groups is 2. The second-order valence-electron chi connectivity index (χ2n) is 6.51. The van der Waals surface area contributed by atoms with Crippen molar-refractivity contribution in [2.45, 2.75) is 33.6 Å². The summed E-state index contributed by atoms with van der Waals surface area (Å²) in [6.45, 7) is 1.45. The van der Waals surface area contributed by atoms with E-state index in [0.29, 0.717) is 0 Å². The predicted molar refractivity (Wildman–Crippen MR) is 101 cm³/mol. The first kappa shape index (κ1) is 19.1. The smallest absolute Gasteiger partial charge is 0.197 e. The van der Waals surface area contributed by atoms with E-state index in [0.717, 1.165) is 32.4 Å². The zero-order chi connectivity index (χ0) is 18.6. The Balaban J connectivity index is 2.04. The summed E-state index contributed by atoms with van der Waals surface area (Å²) in [6, 6.07) is 15.7. The van der Waals surface area contributed by atoms with Crippen molar-refractivity contribution in [2.24, 2.45) is 0 Å². The molecular formula is C19H23NO4S2. The Bertz CT molecular complexity index is 851. The van der Waals surface area contributed by atoms with Crippen LogP contribution in [0.15, 0.2) is 70.5 Å². The average molecular weight is 394 g/mol. The first-order chi connectivity index (χ1) is 12.4. The van der Waals surface area contributed by atoms with Crippen LogP contribution in [0.25, 0.3) is 0 Å². The Morgan fingerprint density at radius 1 is 0.692 bits per heavy atom. The highest BCUT2D eigenvalue weighted by atomic mass is 32.3. The maximum atomic E-state index is 13.2. The Morgan fingerprint density at radius 3 is 1.54 bits per heavy atom. The second-order valence-corrected chi connectivity index (χ2v) is 11.1. The lowest BCUT2D eigenvalue weighted by atomic mass is 10.1. The third-order valence-corrected chi connectivity index (χ3v) is 9.75. The van der Waals surface area contributed by atoms with Crippen LogP contribution < -0.4 is 0 Å². The SMILES string of the molecule is O=S(=O)(c1ccccc1)C(CN1CCCCC1)S(=O)(=O)c1ccccc1. The number of hydrogen-bond donors (Lipinski definition) is 0. The largest absolute Gasteiger partial charge is 0.301 e. The number of hydrogen-bond acceptors (Lipinski definition) is 5. The van der Waals surface area contributed by atoms with Crippen LogP contribution in [0.3, 0.4) is 0 Å². The summed E-state index contributed by atoms with van der Waals surface area (Å²) in [7, 11) is -8.07. The van der Waals surface area contributed by atoms with E-state index in [2.05, 4.69) is 0 Å². The second kappa shape index (κ2) is 7.90. The fraction of sp³-hybridized carbons (Fsp3) is 0.368. The molecule has 0 unspecified atom stereocenters. The number of benzene rings is 2. The van der Waals surface area contributed by atoms with Gasteiger partial charge in [-0.05, 0) is 50.2 Å². The van der Waals surface area contributed by atoms with E-state index in [9.17, 15) is 16.8 Å². The minimum atomic E-state index is -4.04. The molecule has 1 saturated heterocycles. The first-order valence-corrected chi connectivity index (χ1v) is 11.8. The molecule has 0 N–H and O–H groups in total. The Morgan fingerprint density at radius 2 is 1.12 bits per heavy atom. The van der Waals surface area contributed by atoms with Crippen molar-refractivity contribution in [3.8, 4) is 0 Å². The topological polar surface area (TPSA) is 71.5 Å². The average Bonchev–Trinajstić information content (AvgIpc) is 2.68. The minimum absolute atomic E-state index is 0.00550. The van der Waals surface area contributed by atoms with Crippen molar-refractivity contribution in [1.29, 1.82) is 0 Å². The van der Waals surface area contributed by atoms with Crippen LogP contribution in [0, 0.1) is 0 Å². The third kappa shape index (κ3) is 4.00. The summed E-state index contributed by atoms with van der Waals surface area (Å²) in [5.41, 5.74) is 0. The molecule has 1 aliphatic rings. The summed E-state index contributed by atoms with van der Waals surface area (Å²) in [5.74, 6) is 0.